The van der Waals surface area contributed by atoms with Crippen LogP contribution in [0.15, 0.2) is 53.7 Å². The number of rotatable bonds is 6. The Morgan fingerprint density at radius 2 is 1.65 bits per heavy atom. The summed E-state index contributed by atoms with van der Waals surface area (Å²) < 4.78 is 0. The number of piperidine rings is 1. The molecule has 8 nitrogen and oxygen atoms in total. The lowest BCUT2D eigenvalue weighted by Crippen LogP contribution is -2.30. The largest absolute Gasteiger partial charge is 0.365 e. The lowest BCUT2D eigenvalue weighted by molar-refractivity contribution is 0.0515. The van der Waals surface area contributed by atoms with Crippen molar-refractivity contribution in [3.63, 3.8) is 0 Å². The maximum atomic E-state index is 12.7. The van der Waals surface area contributed by atoms with Crippen LogP contribution in [0, 0.1) is 0 Å². The molecule has 0 aliphatic carbocycles. The van der Waals surface area contributed by atoms with E-state index in [9.17, 15) is 4.79 Å². The minimum atomic E-state index is -0.535. The van der Waals surface area contributed by atoms with Crippen LogP contribution in [0.5, 0.6) is 0 Å². The van der Waals surface area contributed by atoms with Crippen LogP contribution in [-0.4, -0.2) is 45.0 Å². The first-order valence-corrected chi connectivity index (χ1v) is 11.8. The summed E-state index contributed by atoms with van der Waals surface area (Å²) in [4.78, 5) is 21.6. The van der Waals surface area contributed by atoms with Gasteiger partial charge in [-0.3, -0.25) is 0 Å². The fourth-order valence-corrected chi connectivity index (χ4v) is 3.85. The molecule has 1 aliphatic heterocycles. The van der Waals surface area contributed by atoms with E-state index in [1.165, 1.54) is 11.2 Å². The fraction of sp³-hybridized carbons (Fsp3) is 0.400. The van der Waals surface area contributed by atoms with Gasteiger partial charge in [0.15, 0.2) is 0 Å². The van der Waals surface area contributed by atoms with Crippen molar-refractivity contribution < 1.29 is 9.63 Å². The van der Waals surface area contributed by atoms with Gasteiger partial charge in [0.05, 0.1) is 5.56 Å². The first kappa shape index (κ1) is 23.9. The zero-order chi connectivity index (χ0) is 24.1. The number of aromatic nitrogens is 4. The maximum Gasteiger partial charge on any atom is 0.365 e. The highest BCUT2D eigenvalue weighted by Gasteiger charge is 2.18. The van der Waals surface area contributed by atoms with E-state index in [0.717, 1.165) is 37.1 Å². The number of carbonyl (C=O) groups excluding carboxylic acids is 1. The Morgan fingerprint density at radius 3 is 2.29 bits per heavy atom. The average molecular weight is 481 g/mol. The van der Waals surface area contributed by atoms with Gasteiger partial charge in [0.2, 0.25) is 0 Å². The first-order chi connectivity index (χ1) is 16.3. The molecule has 0 spiro atoms. The summed E-state index contributed by atoms with van der Waals surface area (Å²) in [6, 6.07) is 14.5. The van der Waals surface area contributed by atoms with Crippen LogP contribution in [0.1, 0.15) is 61.5 Å². The summed E-state index contributed by atoms with van der Waals surface area (Å²) in [7, 11) is 0. The van der Waals surface area contributed by atoms with Crippen LogP contribution in [-0.2, 0) is 16.8 Å². The molecule has 0 radical (unpaired) electrons. The predicted octanol–water partition coefficient (Wildman–Crippen LogP) is 4.88. The molecule has 34 heavy (non-hydrogen) atoms. The van der Waals surface area contributed by atoms with Crippen molar-refractivity contribution in [3.05, 3.63) is 70.2 Å². The molecule has 2 heterocycles. The minimum absolute atomic E-state index is 0.000188. The van der Waals surface area contributed by atoms with Crippen molar-refractivity contribution in [2.24, 2.45) is 5.16 Å². The molecular weight excluding hydrogens is 452 g/mol. The summed E-state index contributed by atoms with van der Waals surface area (Å²) in [5.74, 6) is 0.0681. The first-order valence-electron chi connectivity index (χ1n) is 11.5. The van der Waals surface area contributed by atoms with Gasteiger partial charge in [-0.1, -0.05) is 66.9 Å². The van der Waals surface area contributed by atoms with Crippen LogP contribution < -0.4 is 4.90 Å². The summed E-state index contributed by atoms with van der Waals surface area (Å²) in [5.41, 5.74) is 2.80. The molecule has 0 atom stereocenters. The molecule has 4 rings (SSSR count). The molecular formula is C25H29ClN6O2. The number of carbonyl (C=O) groups is 1. The van der Waals surface area contributed by atoms with Crippen LogP contribution in [0.4, 0.5) is 5.95 Å². The third-order valence-electron chi connectivity index (χ3n) is 5.78. The zero-order valence-electron chi connectivity index (χ0n) is 19.7. The molecule has 1 aliphatic rings. The Morgan fingerprint density at radius 1 is 1.00 bits per heavy atom. The molecule has 9 heteroatoms. The Labute approximate surface area is 204 Å². The monoisotopic (exact) mass is 480 g/mol. The molecule has 0 saturated carbocycles. The van der Waals surface area contributed by atoms with Crippen molar-refractivity contribution in [2.45, 2.75) is 52.0 Å². The van der Waals surface area contributed by atoms with Gasteiger partial charge >= 0.3 is 5.97 Å². The Bertz CT molecular complexity index is 1140. The Hall–Kier alpha value is -3.26. The number of anilines is 1. The van der Waals surface area contributed by atoms with Gasteiger partial charge < -0.3 is 9.74 Å². The normalized spacial score (nSPS) is 14.8. The smallest absolute Gasteiger partial charge is 0.338 e. The third-order valence-corrected chi connectivity index (χ3v) is 6.03. The molecule has 3 aromatic rings. The maximum absolute atomic E-state index is 12.7. The van der Waals surface area contributed by atoms with Crippen molar-refractivity contribution in [1.82, 2.24) is 20.2 Å². The van der Waals surface area contributed by atoms with E-state index in [4.69, 9.17) is 16.4 Å². The Balaban J connectivity index is 1.52. The van der Waals surface area contributed by atoms with Crippen LogP contribution >= 0.6 is 11.6 Å². The number of halogens is 1. The molecule has 2 aromatic carbocycles. The second kappa shape index (κ2) is 10.3. The number of oxime groups is 1. The second-order valence-corrected chi connectivity index (χ2v) is 9.85. The molecule has 178 valence electrons. The summed E-state index contributed by atoms with van der Waals surface area (Å²) >= 11 is 6.05. The van der Waals surface area contributed by atoms with Crippen molar-refractivity contribution in [2.75, 3.05) is 18.0 Å². The summed E-state index contributed by atoms with van der Waals surface area (Å²) in [6.45, 7) is 8.41. The SMILES string of the molecule is CC(C)(C)c1ccc(C(=O)O/N=C(/Cn2nnc(N3CCCCC3)n2)c2ccc(Cl)cc2)cc1. The predicted molar refractivity (Wildman–Crippen MR) is 132 cm³/mol. The van der Waals surface area contributed by atoms with E-state index in [-0.39, 0.29) is 12.0 Å². The van der Waals surface area contributed by atoms with Crippen LogP contribution in [0.25, 0.3) is 0 Å². The molecule has 1 aromatic heterocycles. The fourth-order valence-electron chi connectivity index (χ4n) is 3.73. The topological polar surface area (TPSA) is 85.5 Å². The van der Waals surface area contributed by atoms with Gasteiger partial charge in [-0.15, -0.1) is 5.10 Å². The summed E-state index contributed by atoms with van der Waals surface area (Å²) in [5, 5.41) is 17.7. The number of nitrogens with zero attached hydrogens (tertiary/aromatic N) is 6. The summed E-state index contributed by atoms with van der Waals surface area (Å²) in [6.07, 6.45) is 3.47. The highest BCUT2D eigenvalue weighted by atomic mass is 35.5. The number of hydrogen-bond acceptors (Lipinski definition) is 7. The third kappa shape index (κ3) is 5.99. The van der Waals surface area contributed by atoms with E-state index in [1.54, 1.807) is 24.3 Å². The van der Waals surface area contributed by atoms with E-state index in [0.29, 0.717) is 22.2 Å². The number of benzene rings is 2. The zero-order valence-corrected chi connectivity index (χ0v) is 20.5. The van der Waals surface area contributed by atoms with Crippen molar-refractivity contribution >= 4 is 29.2 Å². The molecule has 0 bridgehead atoms. The molecule has 1 saturated heterocycles. The highest BCUT2D eigenvalue weighted by Crippen LogP contribution is 2.22. The Kier molecular flexibility index (Phi) is 7.26. The molecule has 0 N–H and O–H groups in total. The second-order valence-electron chi connectivity index (χ2n) is 9.42. The minimum Gasteiger partial charge on any atom is -0.338 e. The van der Waals surface area contributed by atoms with Gasteiger partial charge in [-0.2, -0.15) is 4.80 Å². The standard InChI is InChI=1S/C25H29ClN6O2/c1-25(2,3)20-11-7-19(8-12-20)23(33)34-29-22(18-9-13-21(26)14-10-18)17-32-28-24(27-30-32)31-15-5-4-6-16-31/h7-14H,4-6,15-17H2,1-3H3/b29-22-. The van der Waals surface area contributed by atoms with Gasteiger partial charge in [0.1, 0.15) is 12.3 Å². The van der Waals surface area contributed by atoms with Gasteiger partial charge in [0, 0.05) is 23.7 Å². The molecule has 1 fully saturated rings. The average Bonchev–Trinajstić information content (AvgIpc) is 3.31. The molecule has 0 unspecified atom stereocenters. The van der Waals surface area contributed by atoms with Gasteiger partial charge in [-0.25, -0.2) is 4.79 Å². The lowest BCUT2D eigenvalue weighted by Gasteiger charge is -2.24. The van der Waals surface area contributed by atoms with Gasteiger partial charge in [0.25, 0.3) is 5.95 Å². The van der Waals surface area contributed by atoms with E-state index >= 15 is 0 Å². The van der Waals surface area contributed by atoms with Crippen molar-refractivity contribution in [1.29, 1.82) is 0 Å². The van der Waals surface area contributed by atoms with E-state index in [1.807, 2.05) is 24.3 Å². The van der Waals surface area contributed by atoms with Gasteiger partial charge in [-0.05, 0) is 59.7 Å². The lowest BCUT2D eigenvalue weighted by atomic mass is 9.87. The quantitative estimate of drug-likeness (QED) is 0.284. The highest BCUT2D eigenvalue weighted by molar-refractivity contribution is 6.30. The molecule has 0 amide bonds. The number of tetrazole rings is 1. The van der Waals surface area contributed by atoms with E-state index in [2.05, 4.69) is 46.2 Å². The van der Waals surface area contributed by atoms with E-state index < -0.39 is 5.97 Å². The van der Waals surface area contributed by atoms with Crippen molar-refractivity contribution in [3.8, 4) is 0 Å². The van der Waals surface area contributed by atoms with Crippen LogP contribution in [0.2, 0.25) is 5.02 Å². The van der Waals surface area contributed by atoms with Crippen LogP contribution in [0.3, 0.4) is 0 Å². The number of hydrogen-bond donors (Lipinski definition) is 0.